The summed E-state index contributed by atoms with van der Waals surface area (Å²) in [6, 6.07) is 24.2. The Labute approximate surface area is 173 Å². The SMILES string of the molecule is CC(NC(=O)CNC(=O)c1ccc2noc(-c3ccccc3)c2c1)c1ccccc1. The first-order chi connectivity index (χ1) is 14.6. The first kappa shape index (κ1) is 19.4. The molecule has 0 aliphatic carbocycles. The number of nitrogens with zero attached hydrogens (tertiary/aromatic N) is 1. The molecule has 4 aromatic rings. The highest BCUT2D eigenvalue weighted by Crippen LogP contribution is 2.29. The fraction of sp³-hybridized carbons (Fsp3) is 0.125. The molecule has 6 heteroatoms. The summed E-state index contributed by atoms with van der Waals surface area (Å²) in [7, 11) is 0. The van der Waals surface area contributed by atoms with E-state index < -0.39 is 0 Å². The second-order valence-electron chi connectivity index (χ2n) is 6.99. The largest absolute Gasteiger partial charge is 0.355 e. The molecule has 4 rings (SSSR count). The van der Waals surface area contributed by atoms with Crippen molar-refractivity contribution in [3.63, 3.8) is 0 Å². The smallest absolute Gasteiger partial charge is 0.251 e. The Bertz CT molecular complexity index is 1170. The number of aromatic nitrogens is 1. The summed E-state index contributed by atoms with van der Waals surface area (Å²) in [4.78, 5) is 24.8. The van der Waals surface area contributed by atoms with Crippen LogP contribution in [0, 0.1) is 0 Å². The number of benzene rings is 3. The van der Waals surface area contributed by atoms with E-state index in [0.717, 1.165) is 16.5 Å². The number of carbonyl (C=O) groups is 2. The molecule has 2 N–H and O–H groups in total. The predicted molar refractivity (Wildman–Crippen MR) is 115 cm³/mol. The van der Waals surface area contributed by atoms with Crippen molar-refractivity contribution in [1.29, 1.82) is 0 Å². The fourth-order valence-corrected chi connectivity index (χ4v) is 3.26. The summed E-state index contributed by atoms with van der Waals surface area (Å²) in [5.74, 6) is 0.0186. The Morgan fingerprint density at radius 3 is 2.40 bits per heavy atom. The molecule has 1 aromatic heterocycles. The van der Waals surface area contributed by atoms with E-state index >= 15 is 0 Å². The third-order valence-corrected chi connectivity index (χ3v) is 4.86. The van der Waals surface area contributed by atoms with Gasteiger partial charge in [0.2, 0.25) is 5.91 Å². The zero-order valence-electron chi connectivity index (χ0n) is 16.5. The number of rotatable bonds is 6. The molecule has 0 saturated carbocycles. The van der Waals surface area contributed by atoms with Crippen LogP contribution in [0.5, 0.6) is 0 Å². The van der Waals surface area contributed by atoms with Crippen LogP contribution >= 0.6 is 0 Å². The number of carbonyl (C=O) groups excluding carboxylic acids is 2. The standard InChI is InChI=1S/C24H21N3O3/c1-16(17-8-4-2-5-9-17)26-22(28)15-25-24(29)19-12-13-21-20(14-19)23(30-27-21)18-10-6-3-7-11-18/h2-14,16H,15H2,1H3,(H,25,29)(H,26,28). The molecule has 3 aromatic carbocycles. The van der Waals surface area contributed by atoms with Crippen molar-refractivity contribution in [2.24, 2.45) is 0 Å². The van der Waals surface area contributed by atoms with Gasteiger partial charge in [-0.3, -0.25) is 9.59 Å². The molecule has 2 amide bonds. The Morgan fingerprint density at radius 1 is 0.967 bits per heavy atom. The van der Waals surface area contributed by atoms with Crippen molar-refractivity contribution in [2.75, 3.05) is 6.54 Å². The van der Waals surface area contributed by atoms with E-state index in [0.29, 0.717) is 16.8 Å². The summed E-state index contributed by atoms with van der Waals surface area (Å²) in [6.45, 7) is 1.79. The van der Waals surface area contributed by atoms with E-state index in [2.05, 4.69) is 15.8 Å². The van der Waals surface area contributed by atoms with Gasteiger partial charge in [-0.15, -0.1) is 0 Å². The molecule has 6 nitrogen and oxygen atoms in total. The van der Waals surface area contributed by atoms with E-state index in [4.69, 9.17) is 4.52 Å². The quantitative estimate of drug-likeness (QED) is 0.511. The van der Waals surface area contributed by atoms with Crippen LogP contribution in [0.4, 0.5) is 0 Å². The van der Waals surface area contributed by atoms with Crippen LogP contribution in [0.25, 0.3) is 22.2 Å². The molecule has 0 aliphatic rings. The Balaban J connectivity index is 1.43. The first-order valence-electron chi connectivity index (χ1n) is 9.69. The van der Waals surface area contributed by atoms with Crippen molar-refractivity contribution in [2.45, 2.75) is 13.0 Å². The lowest BCUT2D eigenvalue weighted by Crippen LogP contribution is -2.38. The third-order valence-electron chi connectivity index (χ3n) is 4.86. The molecule has 0 radical (unpaired) electrons. The molecule has 1 heterocycles. The van der Waals surface area contributed by atoms with Gasteiger partial charge in [0, 0.05) is 11.1 Å². The highest BCUT2D eigenvalue weighted by atomic mass is 16.5. The van der Waals surface area contributed by atoms with Gasteiger partial charge < -0.3 is 15.2 Å². The van der Waals surface area contributed by atoms with Crippen LogP contribution in [0.1, 0.15) is 28.9 Å². The third kappa shape index (κ3) is 4.22. The van der Waals surface area contributed by atoms with E-state index in [1.807, 2.05) is 67.6 Å². The van der Waals surface area contributed by atoms with Gasteiger partial charge in [0.05, 0.1) is 18.0 Å². The van der Waals surface area contributed by atoms with Crippen LogP contribution in [0.15, 0.2) is 83.4 Å². The number of nitrogens with one attached hydrogen (secondary N) is 2. The van der Waals surface area contributed by atoms with Crippen molar-refractivity contribution in [1.82, 2.24) is 15.8 Å². The van der Waals surface area contributed by atoms with Gasteiger partial charge >= 0.3 is 0 Å². The molecule has 0 bridgehead atoms. The normalized spacial score (nSPS) is 11.8. The summed E-state index contributed by atoms with van der Waals surface area (Å²) >= 11 is 0. The lowest BCUT2D eigenvalue weighted by molar-refractivity contribution is -0.120. The Hall–Kier alpha value is -3.93. The van der Waals surface area contributed by atoms with Gasteiger partial charge in [0.15, 0.2) is 5.76 Å². The van der Waals surface area contributed by atoms with Gasteiger partial charge in [-0.2, -0.15) is 0 Å². The molecule has 1 unspecified atom stereocenters. The maximum Gasteiger partial charge on any atom is 0.251 e. The zero-order chi connectivity index (χ0) is 20.9. The topological polar surface area (TPSA) is 84.2 Å². The molecule has 1 atom stereocenters. The predicted octanol–water partition coefficient (Wildman–Crippen LogP) is 4.10. The highest BCUT2D eigenvalue weighted by molar-refractivity contribution is 6.02. The van der Waals surface area contributed by atoms with E-state index in [1.165, 1.54) is 0 Å². The van der Waals surface area contributed by atoms with Crippen LogP contribution in [-0.2, 0) is 4.79 Å². The maximum atomic E-state index is 12.6. The van der Waals surface area contributed by atoms with Crippen molar-refractivity contribution in [3.8, 4) is 11.3 Å². The minimum Gasteiger partial charge on any atom is -0.355 e. The molecular formula is C24H21N3O3. The highest BCUT2D eigenvalue weighted by Gasteiger charge is 2.15. The number of hydrogen-bond acceptors (Lipinski definition) is 4. The van der Waals surface area contributed by atoms with Crippen LogP contribution in [0.3, 0.4) is 0 Å². The molecular weight excluding hydrogens is 378 g/mol. The number of hydrogen-bond donors (Lipinski definition) is 2. The Kier molecular flexibility index (Phi) is 5.57. The monoisotopic (exact) mass is 399 g/mol. The van der Waals surface area contributed by atoms with Gasteiger partial charge in [0.1, 0.15) is 5.52 Å². The molecule has 0 saturated heterocycles. The van der Waals surface area contributed by atoms with Crippen molar-refractivity contribution in [3.05, 3.63) is 90.0 Å². The van der Waals surface area contributed by atoms with Crippen LogP contribution in [0.2, 0.25) is 0 Å². The Morgan fingerprint density at radius 2 is 1.67 bits per heavy atom. The lowest BCUT2D eigenvalue weighted by Gasteiger charge is -2.14. The maximum absolute atomic E-state index is 12.6. The van der Waals surface area contributed by atoms with E-state index in [-0.39, 0.29) is 24.4 Å². The summed E-state index contributed by atoms with van der Waals surface area (Å²) in [5.41, 5.74) is 2.99. The molecule has 0 aliphatic heterocycles. The minimum absolute atomic E-state index is 0.108. The fourth-order valence-electron chi connectivity index (χ4n) is 3.26. The molecule has 0 fully saturated rings. The van der Waals surface area contributed by atoms with E-state index in [1.54, 1.807) is 18.2 Å². The van der Waals surface area contributed by atoms with Crippen molar-refractivity contribution >= 4 is 22.7 Å². The number of fused-ring (bicyclic) bond motifs is 1. The average molecular weight is 399 g/mol. The van der Waals surface area contributed by atoms with Gasteiger partial charge in [0.25, 0.3) is 5.91 Å². The van der Waals surface area contributed by atoms with Crippen LogP contribution in [-0.4, -0.2) is 23.5 Å². The van der Waals surface area contributed by atoms with E-state index in [9.17, 15) is 9.59 Å². The number of amides is 2. The average Bonchev–Trinajstić information content (AvgIpc) is 3.22. The van der Waals surface area contributed by atoms with Crippen LogP contribution < -0.4 is 10.6 Å². The van der Waals surface area contributed by atoms with Gasteiger partial charge in [-0.25, -0.2) is 0 Å². The second kappa shape index (κ2) is 8.61. The summed E-state index contributed by atoms with van der Waals surface area (Å²) < 4.78 is 5.47. The summed E-state index contributed by atoms with van der Waals surface area (Å²) in [5, 5.41) is 10.4. The molecule has 150 valence electrons. The molecule has 30 heavy (non-hydrogen) atoms. The second-order valence-corrected chi connectivity index (χ2v) is 6.99. The molecule has 0 spiro atoms. The van der Waals surface area contributed by atoms with Gasteiger partial charge in [-0.05, 0) is 30.7 Å². The summed E-state index contributed by atoms with van der Waals surface area (Å²) in [6.07, 6.45) is 0. The van der Waals surface area contributed by atoms with Gasteiger partial charge in [-0.1, -0.05) is 65.8 Å². The lowest BCUT2D eigenvalue weighted by atomic mass is 10.1. The minimum atomic E-state index is -0.334. The zero-order valence-corrected chi connectivity index (χ0v) is 16.5. The van der Waals surface area contributed by atoms with Crippen molar-refractivity contribution < 1.29 is 14.1 Å². The first-order valence-corrected chi connectivity index (χ1v) is 9.69.